The van der Waals surface area contributed by atoms with Gasteiger partial charge in [0.2, 0.25) is 0 Å². The molecule has 0 saturated heterocycles. The van der Waals surface area contributed by atoms with Gasteiger partial charge in [0.1, 0.15) is 0 Å². The maximum Gasteiger partial charge on any atom is 0.303 e. The summed E-state index contributed by atoms with van der Waals surface area (Å²) in [5.41, 5.74) is 1.39. The van der Waals surface area contributed by atoms with E-state index in [9.17, 15) is 9.59 Å². The van der Waals surface area contributed by atoms with Gasteiger partial charge in [-0.05, 0) is 31.0 Å². The van der Waals surface area contributed by atoms with Crippen LogP contribution in [0.25, 0.3) is 0 Å². The molecule has 0 aromatic heterocycles. The normalized spacial score (nSPS) is 10.0. The molecule has 0 atom stereocenters. The van der Waals surface area contributed by atoms with Gasteiger partial charge in [-0.1, -0.05) is 17.7 Å². The number of nitrogens with one attached hydrogen (secondary N) is 1. The molecule has 0 radical (unpaired) electrons. The standard InChI is InChI=1S/C12H14ClNO3/c1-8-4-5-9(7-10(8)13)12(17)14-6-2-3-11(15)16/h4-5,7H,2-3,6H2,1H3,(H,14,17)(H,15,16). The quantitative estimate of drug-likeness (QED) is 0.793. The second-order valence-electron chi connectivity index (χ2n) is 3.72. The van der Waals surface area contributed by atoms with E-state index >= 15 is 0 Å². The lowest BCUT2D eigenvalue weighted by atomic mass is 10.1. The monoisotopic (exact) mass is 255 g/mol. The van der Waals surface area contributed by atoms with Gasteiger partial charge in [0, 0.05) is 23.6 Å². The number of hydrogen-bond donors (Lipinski definition) is 2. The van der Waals surface area contributed by atoms with Crippen molar-refractivity contribution in [2.24, 2.45) is 0 Å². The highest BCUT2D eigenvalue weighted by Gasteiger charge is 2.06. The first kappa shape index (κ1) is 13.5. The van der Waals surface area contributed by atoms with E-state index in [4.69, 9.17) is 16.7 Å². The third kappa shape index (κ3) is 4.44. The summed E-state index contributed by atoms with van der Waals surface area (Å²) in [6.45, 7) is 2.20. The van der Waals surface area contributed by atoms with Gasteiger partial charge < -0.3 is 10.4 Å². The van der Waals surface area contributed by atoms with Crippen molar-refractivity contribution >= 4 is 23.5 Å². The van der Waals surface area contributed by atoms with Gasteiger partial charge in [-0.25, -0.2) is 0 Å². The van der Waals surface area contributed by atoms with Crippen LogP contribution in [0, 0.1) is 6.92 Å². The number of hydrogen-bond acceptors (Lipinski definition) is 2. The van der Waals surface area contributed by atoms with Gasteiger partial charge in [0.25, 0.3) is 5.91 Å². The molecule has 0 heterocycles. The second kappa shape index (κ2) is 6.25. The smallest absolute Gasteiger partial charge is 0.303 e. The predicted molar refractivity (Wildman–Crippen MR) is 65.4 cm³/mol. The largest absolute Gasteiger partial charge is 0.481 e. The molecule has 1 rings (SSSR count). The molecule has 1 aromatic carbocycles. The maximum absolute atomic E-state index is 11.6. The van der Waals surface area contributed by atoms with Crippen molar-refractivity contribution < 1.29 is 14.7 Å². The Labute approximate surface area is 105 Å². The number of carboxylic acid groups (broad SMARTS) is 1. The highest BCUT2D eigenvalue weighted by molar-refractivity contribution is 6.31. The number of halogens is 1. The molecule has 2 N–H and O–H groups in total. The van der Waals surface area contributed by atoms with Crippen molar-refractivity contribution in [3.8, 4) is 0 Å². The molecule has 17 heavy (non-hydrogen) atoms. The average molecular weight is 256 g/mol. The molecule has 0 aliphatic heterocycles. The Morgan fingerprint density at radius 2 is 2.12 bits per heavy atom. The Kier molecular flexibility index (Phi) is 4.97. The first-order chi connectivity index (χ1) is 8.00. The van der Waals surface area contributed by atoms with Crippen LogP contribution in [0.3, 0.4) is 0 Å². The molecule has 0 fully saturated rings. The zero-order valence-corrected chi connectivity index (χ0v) is 10.3. The van der Waals surface area contributed by atoms with Crippen LogP contribution in [0.5, 0.6) is 0 Å². The summed E-state index contributed by atoms with van der Waals surface area (Å²) in [5, 5.41) is 11.6. The Morgan fingerprint density at radius 3 is 2.71 bits per heavy atom. The van der Waals surface area contributed by atoms with Gasteiger partial charge in [-0.15, -0.1) is 0 Å². The first-order valence-corrected chi connectivity index (χ1v) is 5.64. The van der Waals surface area contributed by atoms with E-state index in [0.717, 1.165) is 5.56 Å². The number of carbonyl (C=O) groups is 2. The summed E-state index contributed by atoms with van der Waals surface area (Å²) >= 11 is 5.90. The molecule has 92 valence electrons. The van der Waals surface area contributed by atoms with E-state index in [1.807, 2.05) is 6.92 Å². The summed E-state index contributed by atoms with van der Waals surface area (Å²) in [4.78, 5) is 21.9. The minimum atomic E-state index is -0.863. The molecule has 0 aliphatic carbocycles. The number of carbonyl (C=O) groups excluding carboxylic acids is 1. The SMILES string of the molecule is Cc1ccc(C(=O)NCCCC(=O)O)cc1Cl. The lowest BCUT2D eigenvalue weighted by Crippen LogP contribution is -2.24. The maximum atomic E-state index is 11.6. The van der Waals surface area contributed by atoms with Gasteiger partial charge in [0.15, 0.2) is 0 Å². The van der Waals surface area contributed by atoms with Gasteiger partial charge in [-0.2, -0.15) is 0 Å². The van der Waals surface area contributed by atoms with Crippen molar-refractivity contribution in [2.45, 2.75) is 19.8 Å². The molecule has 0 spiro atoms. The number of amides is 1. The summed E-state index contributed by atoms with van der Waals surface area (Å²) in [6.07, 6.45) is 0.468. The van der Waals surface area contributed by atoms with Gasteiger partial charge in [-0.3, -0.25) is 9.59 Å². The topological polar surface area (TPSA) is 66.4 Å². The van der Waals surface area contributed by atoms with E-state index in [0.29, 0.717) is 23.6 Å². The molecular weight excluding hydrogens is 242 g/mol. The summed E-state index contributed by atoms with van der Waals surface area (Å²) in [6, 6.07) is 5.06. The highest BCUT2D eigenvalue weighted by atomic mass is 35.5. The minimum absolute atomic E-state index is 0.0505. The number of carboxylic acids is 1. The summed E-state index contributed by atoms with van der Waals surface area (Å²) < 4.78 is 0. The van der Waals surface area contributed by atoms with Crippen molar-refractivity contribution in [3.05, 3.63) is 34.3 Å². The van der Waals surface area contributed by atoms with E-state index in [-0.39, 0.29) is 12.3 Å². The van der Waals surface area contributed by atoms with Crippen LogP contribution in [0.4, 0.5) is 0 Å². The molecule has 1 amide bonds. The van der Waals surface area contributed by atoms with E-state index in [2.05, 4.69) is 5.32 Å². The number of rotatable bonds is 5. The van der Waals surface area contributed by atoms with Gasteiger partial charge in [0.05, 0.1) is 0 Å². The zero-order chi connectivity index (χ0) is 12.8. The van der Waals surface area contributed by atoms with E-state index in [1.54, 1.807) is 18.2 Å². The molecular formula is C12H14ClNO3. The van der Waals surface area contributed by atoms with Gasteiger partial charge >= 0.3 is 5.97 Å². The molecule has 4 nitrogen and oxygen atoms in total. The van der Waals surface area contributed by atoms with E-state index < -0.39 is 5.97 Å². The fraction of sp³-hybridized carbons (Fsp3) is 0.333. The van der Waals surface area contributed by atoms with Crippen LogP contribution in [0.15, 0.2) is 18.2 Å². The van der Waals surface area contributed by atoms with Crippen molar-refractivity contribution in [1.29, 1.82) is 0 Å². The van der Waals surface area contributed by atoms with Crippen LogP contribution in [0.1, 0.15) is 28.8 Å². The Bertz CT molecular complexity index is 432. The lowest BCUT2D eigenvalue weighted by Gasteiger charge is -2.05. The second-order valence-corrected chi connectivity index (χ2v) is 4.12. The third-order valence-corrected chi connectivity index (χ3v) is 2.69. The molecule has 0 unspecified atom stereocenters. The third-order valence-electron chi connectivity index (χ3n) is 2.29. The van der Waals surface area contributed by atoms with Crippen LogP contribution >= 0.6 is 11.6 Å². The molecule has 0 aliphatic rings. The summed E-state index contributed by atoms with van der Waals surface area (Å²) in [5.74, 6) is -1.10. The minimum Gasteiger partial charge on any atom is -0.481 e. The van der Waals surface area contributed by atoms with E-state index in [1.165, 1.54) is 0 Å². The van der Waals surface area contributed by atoms with Crippen LogP contribution < -0.4 is 5.32 Å². The molecule has 0 saturated carbocycles. The average Bonchev–Trinajstić information content (AvgIpc) is 2.27. The van der Waals surface area contributed by atoms with Crippen LogP contribution in [-0.2, 0) is 4.79 Å². The van der Waals surface area contributed by atoms with Crippen molar-refractivity contribution in [1.82, 2.24) is 5.32 Å². The lowest BCUT2D eigenvalue weighted by molar-refractivity contribution is -0.137. The molecule has 5 heteroatoms. The van der Waals surface area contributed by atoms with Crippen molar-refractivity contribution in [3.63, 3.8) is 0 Å². The number of aryl methyl sites for hydroxylation is 1. The predicted octanol–water partition coefficient (Wildman–Crippen LogP) is 2.24. The summed E-state index contributed by atoms with van der Waals surface area (Å²) in [7, 11) is 0. The first-order valence-electron chi connectivity index (χ1n) is 5.27. The fourth-order valence-corrected chi connectivity index (χ4v) is 1.46. The molecule has 0 bridgehead atoms. The zero-order valence-electron chi connectivity index (χ0n) is 9.50. The van der Waals surface area contributed by atoms with Crippen LogP contribution in [0.2, 0.25) is 5.02 Å². The Hall–Kier alpha value is -1.55. The van der Waals surface area contributed by atoms with Crippen LogP contribution in [-0.4, -0.2) is 23.5 Å². The number of benzene rings is 1. The highest BCUT2D eigenvalue weighted by Crippen LogP contribution is 2.16. The number of aliphatic carboxylic acids is 1. The Morgan fingerprint density at radius 1 is 1.41 bits per heavy atom. The van der Waals surface area contributed by atoms with Crippen molar-refractivity contribution in [2.75, 3.05) is 6.54 Å². The fourth-order valence-electron chi connectivity index (χ4n) is 1.28. The molecule has 1 aromatic rings. The Balaban J connectivity index is 2.47.